The molecule has 1 atom stereocenters. The zero-order valence-corrected chi connectivity index (χ0v) is 9.93. The zero-order chi connectivity index (χ0) is 11.9. The zero-order valence-electron chi connectivity index (χ0n) is 9.93. The lowest BCUT2D eigenvalue weighted by atomic mass is 9.99. The van der Waals surface area contributed by atoms with E-state index in [0.29, 0.717) is 5.92 Å². The van der Waals surface area contributed by atoms with Gasteiger partial charge in [0.15, 0.2) is 0 Å². The van der Waals surface area contributed by atoms with Crippen LogP contribution in [0.4, 0.5) is 5.69 Å². The van der Waals surface area contributed by atoms with Gasteiger partial charge in [-0.3, -0.25) is 5.01 Å². The van der Waals surface area contributed by atoms with Gasteiger partial charge in [-0.25, -0.2) is 4.98 Å². The number of nitrogens with one attached hydrogen (secondary N) is 2. The molecule has 1 aliphatic carbocycles. The van der Waals surface area contributed by atoms with Gasteiger partial charge in [-0.1, -0.05) is 12.2 Å². The lowest BCUT2D eigenvalue weighted by molar-refractivity contribution is 0.683. The number of anilines is 1. The highest BCUT2D eigenvalue weighted by Gasteiger charge is 2.28. The summed E-state index contributed by atoms with van der Waals surface area (Å²) in [7, 11) is 0. The van der Waals surface area contributed by atoms with Gasteiger partial charge in [-0.15, -0.1) is 0 Å². The molecular weight excluding hydrogens is 224 g/mol. The van der Waals surface area contributed by atoms with E-state index in [2.05, 4.69) is 50.8 Å². The third-order valence-corrected chi connectivity index (χ3v) is 3.67. The summed E-state index contributed by atoms with van der Waals surface area (Å²) in [6.07, 6.45) is 11.4. The number of nitrogens with zero attached hydrogens (tertiary/aromatic N) is 2. The van der Waals surface area contributed by atoms with Gasteiger partial charge >= 0.3 is 0 Å². The predicted molar refractivity (Wildman–Crippen MR) is 71.9 cm³/mol. The van der Waals surface area contributed by atoms with E-state index in [1.165, 1.54) is 11.4 Å². The topological polar surface area (TPSA) is 44.0 Å². The summed E-state index contributed by atoms with van der Waals surface area (Å²) in [5.74, 6) is 0.595. The van der Waals surface area contributed by atoms with Crippen LogP contribution in [0.15, 0.2) is 48.5 Å². The van der Waals surface area contributed by atoms with E-state index in [4.69, 9.17) is 0 Å². The summed E-state index contributed by atoms with van der Waals surface area (Å²) in [4.78, 5) is 7.48. The minimum Gasteiger partial charge on any atom is -0.346 e. The Balaban J connectivity index is 1.75. The van der Waals surface area contributed by atoms with Crippen LogP contribution in [0.25, 0.3) is 11.0 Å². The van der Waals surface area contributed by atoms with Gasteiger partial charge < -0.3 is 10.4 Å². The molecule has 0 aromatic carbocycles. The third kappa shape index (κ3) is 1.35. The van der Waals surface area contributed by atoms with Crippen molar-refractivity contribution in [1.82, 2.24) is 15.4 Å². The Hall–Kier alpha value is -2.23. The van der Waals surface area contributed by atoms with Crippen molar-refractivity contribution < 1.29 is 0 Å². The second-order valence-corrected chi connectivity index (χ2v) is 4.78. The molecule has 1 unspecified atom stereocenters. The molecule has 4 rings (SSSR count). The molecule has 2 aromatic heterocycles. The van der Waals surface area contributed by atoms with Crippen LogP contribution in [0.2, 0.25) is 0 Å². The Labute approximate surface area is 105 Å². The molecule has 1 fully saturated rings. The van der Waals surface area contributed by atoms with Crippen LogP contribution in [0.1, 0.15) is 6.42 Å². The lowest BCUT2D eigenvalue weighted by Gasteiger charge is -2.19. The molecule has 2 aromatic rings. The van der Waals surface area contributed by atoms with Crippen LogP contribution in [0, 0.1) is 5.92 Å². The SMILES string of the molecule is C1=CCC2CN(c3ccnc4[nH]ccc34)NC2=C1. The standard InChI is InChI=1S/C14H14N4/c1-2-4-12-10(3-1)9-18(17-12)13-6-8-16-14-11(13)5-7-15-14/h1-2,4-8,10,17H,3,9H2,(H,15,16). The molecular formula is C14H14N4. The summed E-state index contributed by atoms with van der Waals surface area (Å²) in [6, 6.07) is 4.14. The maximum atomic E-state index is 4.33. The number of hydrogen-bond donors (Lipinski definition) is 2. The Kier molecular flexibility index (Phi) is 1.97. The maximum absolute atomic E-state index is 4.33. The predicted octanol–water partition coefficient (Wildman–Crippen LogP) is 2.35. The molecule has 2 aliphatic rings. The maximum Gasteiger partial charge on any atom is 0.139 e. The minimum absolute atomic E-state index is 0.595. The van der Waals surface area contributed by atoms with E-state index in [1.54, 1.807) is 0 Å². The van der Waals surface area contributed by atoms with Gasteiger partial charge in [-0.05, 0) is 24.6 Å². The average molecular weight is 238 g/mol. The largest absolute Gasteiger partial charge is 0.346 e. The van der Waals surface area contributed by atoms with E-state index in [9.17, 15) is 0 Å². The Morgan fingerprint density at radius 2 is 2.33 bits per heavy atom. The summed E-state index contributed by atoms with van der Waals surface area (Å²) in [5, 5.41) is 3.39. The first kappa shape index (κ1) is 9.76. The van der Waals surface area contributed by atoms with Crippen LogP contribution in [-0.4, -0.2) is 16.5 Å². The van der Waals surface area contributed by atoms with Crippen LogP contribution in [0.3, 0.4) is 0 Å². The number of H-pyrrole nitrogens is 1. The quantitative estimate of drug-likeness (QED) is 0.801. The van der Waals surface area contributed by atoms with Gasteiger partial charge in [0, 0.05) is 35.9 Å². The van der Waals surface area contributed by atoms with Crippen LogP contribution < -0.4 is 10.4 Å². The Bertz CT molecular complexity index is 653. The highest BCUT2D eigenvalue weighted by Crippen LogP contribution is 2.31. The van der Waals surface area contributed by atoms with E-state index in [-0.39, 0.29) is 0 Å². The average Bonchev–Trinajstić information content (AvgIpc) is 3.04. The smallest absolute Gasteiger partial charge is 0.139 e. The number of allylic oxidation sites excluding steroid dienone is 3. The number of rotatable bonds is 1. The van der Waals surface area contributed by atoms with E-state index in [1.807, 2.05) is 12.4 Å². The summed E-state index contributed by atoms with van der Waals surface area (Å²) in [6.45, 7) is 1.01. The lowest BCUT2D eigenvalue weighted by Crippen LogP contribution is -2.29. The van der Waals surface area contributed by atoms with Gasteiger partial charge in [0.05, 0.1) is 5.69 Å². The number of pyridine rings is 1. The number of aromatic amines is 1. The Morgan fingerprint density at radius 1 is 1.33 bits per heavy atom. The van der Waals surface area contributed by atoms with Gasteiger partial charge in [0.1, 0.15) is 5.65 Å². The summed E-state index contributed by atoms with van der Waals surface area (Å²) < 4.78 is 0. The monoisotopic (exact) mass is 238 g/mol. The fourth-order valence-corrected chi connectivity index (χ4v) is 2.74. The first-order chi connectivity index (χ1) is 8.92. The second-order valence-electron chi connectivity index (χ2n) is 4.78. The van der Waals surface area contributed by atoms with E-state index < -0.39 is 0 Å². The first-order valence-corrected chi connectivity index (χ1v) is 6.25. The molecule has 1 saturated heterocycles. The highest BCUT2D eigenvalue weighted by atomic mass is 15.5. The van der Waals surface area contributed by atoms with Gasteiger partial charge in [0.25, 0.3) is 0 Å². The molecule has 4 nitrogen and oxygen atoms in total. The fourth-order valence-electron chi connectivity index (χ4n) is 2.74. The molecule has 1 aliphatic heterocycles. The summed E-state index contributed by atoms with van der Waals surface area (Å²) >= 11 is 0. The molecule has 3 heterocycles. The van der Waals surface area contributed by atoms with Crippen molar-refractivity contribution in [1.29, 1.82) is 0 Å². The van der Waals surface area contributed by atoms with Crippen molar-refractivity contribution >= 4 is 16.7 Å². The summed E-state index contributed by atoms with van der Waals surface area (Å²) in [5.41, 5.74) is 6.94. The first-order valence-electron chi connectivity index (χ1n) is 6.25. The normalized spacial score (nSPS) is 21.9. The molecule has 0 amide bonds. The number of fused-ring (bicyclic) bond motifs is 2. The second kappa shape index (κ2) is 3.63. The molecule has 0 radical (unpaired) electrons. The highest BCUT2D eigenvalue weighted by molar-refractivity contribution is 5.89. The van der Waals surface area contributed by atoms with Crippen LogP contribution in [0.5, 0.6) is 0 Å². The van der Waals surface area contributed by atoms with E-state index in [0.717, 1.165) is 24.0 Å². The van der Waals surface area contributed by atoms with Crippen molar-refractivity contribution in [2.75, 3.05) is 11.6 Å². The third-order valence-electron chi connectivity index (χ3n) is 3.67. The number of hydrazine groups is 1. The molecule has 4 heteroatoms. The van der Waals surface area contributed by atoms with Crippen molar-refractivity contribution in [3.8, 4) is 0 Å². The van der Waals surface area contributed by atoms with Gasteiger partial charge in [0.2, 0.25) is 0 Å². The van der Waals surface area contributed by atoms with Crippen LogP contribution in [-0.2, 0) is 0 Å². The molecule has 18 heavy (non-hydrogen) atoms. The van der Waals surface area contributed by atoms with Crippen LogP contribution >= 0.6 is 0 Å². The molecule has 0 bridgehead atoms. The van der Waals surface area contributed by atoms with Crippen molar-refractivity contribution in [2.24, 2.45) is 5.92 Å². The Morgan fingerprint density at radius 3 is 3.28 bits per heavy atom. The molecule has 0 saturated carbocycles. The van der Waals surface area contributed by atoms with E-state index >= 15 is 0 Å². The van der Waals surface area contributed by atoms with Gasteiger partial charge in [-0.2, -0.15) is 0 Å². The molecule has 0 spiro atoms. The molecule has 2 N–H and O–H groups in total. The fraction of sp³-hybridized carbons (Fsp3) is 0.214. The van der Waals surface area contributed by atoms with Crippen molar-refractivity contribution in [3.63, 3.8) is 0 Å². The number of hydrogen-bond acceptors (Lipinski definition) is 3. The number of aromatic nitrogens is 2. The van der Waals surface area contributed by atoms with Crippen molar-refractivity contribution in [3.05, 3.63) is 48.5 Å². The molecule has 90 valence electrons. The van der Waals surface area contributed by atoms with Crippen molar-refractivity contribution in [2.45, 2.75) is 6.42 Å². The minimum atomic E-state index is 0.595.